The molecule has 1 fully saturated rings. The highest BCUT2D eigenvalue weighted by Crippen LogP contribution is 2.24. The highest BCUT2D eigenvalue weighted by Gasteiger charge is 2.16. The van der Waals surface area contributed by atoms with Crippen LogP contribution in [0.3, 0.4) is 0 Å². The molecule has 0 spiro atoms. The Morgan fingerprint density at radius 3 is 2.38 bits per heavy atom. The fourth-order valence-electron chi connectivity index (χ4n) is 3.67. The summed E-state index contributed by atoms with van der Waals surface area (Å²) in [4.78, 5) is 17.0. The van der Waals surface area contributed by atoms with Crippen LogP contribution in [0.5, 0.6) is 5.75 Å². The highest BCUT2D eigenvalue weighted by atomic mass is 16.5. The van der Waals surface area contributed by atoms with Crippen molar-refractivity contribution in [2.24, 2.45) is 0 Å². The fourth-order valence-corrected chi connectivity index (χ4v) is 3.67. The van der Waals surface area contributed by atoms with Gasteiger partial charge in [-0.3, -0.25) is 9.80 Å². The summed E-state index contributed by atoms with van der Waals surface area (Å²) in [5.41, 5.74) is 1.60. The summed E-state index contributed by atoms with van der Waals surface area (Å²) in [6.45, 7) is 6.32. The summed E-state index contributed by atoms with van der Waals surface area (Å²) in [6.07, 6.45) is 0. The van der Waals surface area contributed by atoms with Crippen molar-refractivity contribution >= 4 is 11.0 Å². The van der Waals surface area contributed by atoms with E-state index in [1.807, 2.05) is 48.5 Å². The normalized spacial score (nSPS) is 15.6. The molecule has 0 aliphatic carbocycles. The monoisotopic (exact) mass is 394 g/mol. The van der Waals surface area contributed by atoms with E-state index in [1.165, 1.54) is 0 Å². The molecular weight excluding hydrogens is 368 g/mol. The third-order valence-corrected chi connectivity index (χ3v) is 5.35. The quantitative estimate of drug-likeness (QED) is 0.621. The molecule has 6 heteroatoms. The lowest BCUT2D eigenvalue weighted by Gasteiger charge is -2.34. The molecule has 1 aromatic heterocycles. The summed E-state index contributed by atoms with van der Waals surface area (Å²) in [5.74, 6) is 0.701. The molecular formula is C23H26N2O4. The van der Waals surface area contributed by atoms with Gasteiger partial charge in [-0.2, -0.15) is 0 Å². The van der Waals surface area contributed by atoms with Crippen molar-refractivity contribution in [2.45, 2.75) is 0 Å². The van der Waals surface area contributed by atoms with Crippen molar-refractivity contribution in [2.75, 3.05) is 52.5 Å². The molecule has 29 heavy (non-hydrogen) atoms. The van der Waals surface area contributed by atoms with Crippen LogP contribution in [-0.4, -0.2) is 67.4 Å². The topological polar surface area (TPSA) is 66.2 Å². The molecule has 2 heterocycles. The van der Waals surface area contributed by atoms with Crippen molar-refractivity contribution in [3.63, 3.8) is 0 Å². The second kappa shape index (κ2) is 9.22. The van der Waals surface area contributed by atoms with E-state index in [2.05, 4.69) is 9.80 Å². The minimum atomic E-state index is -0.346. The molecule has 0 atom stereocenters. The molecule has 2 aromatic carbocycles. The van der Waals surface area contributed by atoms with Crippen LogP contribution < -0.4 is 10.4 Å². The second-order valence-electron chi connectivity index (χ2n) is 7.27. The summed E-state index contributed by atoms with van der Waals surface area (Å²) in [7, 11) is 0. The number of aliphatic hydroxyl groups excluding tert-OH is 1. The maximum atomic E-state index is 12.4. The SMILES string of the molecule is O=c1oc2cc(OCCN3CCN(CCO)CC3)ccc2cc1-c1ccccc1. The van der Waals surface area contributed by atoms with E-state index in [0.717, 1.165) is 50.2 Å². The van der Waals surface area contributed by atoms with Gasteiger partial charge >= 0.3 is 5.63 Å². The van der Waals surface area contributed by atoms with Gasteiger partial charge in [0.05, 0.1) is 12.2 Å². The minimum absolute atomic E-state index is 0.216. The number of aliphatic hydroxyl groups is 1. The van der Waals surface area contributed by atoms with Crippen LogP contribution in [0, 0.1) is 0 Å². The number of hydrogen-bond acceptors (Lipinski definition) is 6. The summed E-state index contributed by atoms with van der Waals surface area (Å²) < 4.78 is 11.4. The first-order valence-electron chi connectivity index (χ1n) is 10.0. The standard InChI is InChI=1S/C23H26N2O4/c26-14-12-24-8-10-25(11-9-24)13-15-28-20-7-6-19-16-21(18-4-2-1-3-5-18)23(27)29-22(19)17-20/h1-7,16-17,26H,8-15H2. The lowest BCUT2D eigenvalue weighted by molar-refractivity contribution is 0.102. The van der Waals surface area contributed by atoms with Gasteiger partial charge < -0.3 is 14.3 Å². The Hall–Kier alpha value is -2.67. The largest absolute Gasteiger partial charge is 0.492 e. The average Bonchev–Trinajstić information content (AvgIpc) is 2.75. The van der Waals surface area contributed by atoms with Crippen molar-refractivity contribution in [1.82, 2.24) is 9.80 Å². The Labute approximate surface area is 169 Å². The first-order valence-corrected chi connectivity index (χ1v) is 10.0. The number of piperazine rings is 1. The Balaban J connectivity index is 1.38. The molecule has 1 N–H and O–H groups in total. The summed E-state index contributed by atoms with van der Waals surface area (Å²) in [5, 5.41) is 9.89. The van der Waals surface area contributed by atoms with Crippen molar-refractivity contribution < 1.29 is 14.3 Å². The fraction of sp³-hybridized carbons (Fsp3) is 0.348. The Bertz CT molecular complexity index is 995. The van der Waals surface area contributed by atoms with Crippen molar-refractivity contribution in [3.8, 4) is 16.9 Å². The molecule has 152 valence electrons. The van der Waals surface area contributed by atoms with E-state index < -0.39 is 0 Å². The predicted molar refractivity (Wildman–Crippen MR) is 113 cm³/mol. The van der Waals surface area contributed by atoms with Gasteiger partial charge in [0.2, 0.25) is 0 Å². The van der Waals surface area contributed by atoms with Gasteiger partial charge in [-0.25, -0.2) is 4.79 Å². The third kappa shape index (κ3) is 4.85. The molecule has 0 radical (unpaired) electrons. The maximum Gasteiger partial charge on any atom is 0.344 e. The average molecular weight is 394 g/mol. The summed E-state index contributed by atoms with van der Waals surface area (Å²) in [6, 6.07) is 17.0. The first kappa shape index (κ1) is 19.6. The van der Waals surface area contributed by atoms with Crippen LogP contribution in [-0.2, 0) is 0 Å². The predicted octanol–water partition coefficient (Wildman–Crippen LogP) is 2.45. The minimum Gasteiger partial charge on any atom is -0.492 e. The van der Waals surface area contributed by atoms with Crippen LogP contribution in [0.25, 0.3) is 22.1 Å². The highest BCUT2D eigenvalue weighted by molar-refractivity contribution is 5.82. The molecule has 6 nitrogen and oxygen atoms in total. The zero-order valence-electron chi connectivity index (χ0n) is 16.4. The molecule has 0 saturated carbocycles. The van der Waals surface area contributed by atoms with E-state index >= 15 is 0 Å². The zero-order valence-corrected chi connectivity index (χ0v) is 16.4. The molecule has 1 saturated heterocycles. The molecule has 0 unspecified atom stereocenters. The van der Waals surface area contributed by atoms with Gasteiger partial charge in [0.15, 0.2) is 0 Å². The van der Waals surface area contributed by atoms with Gasteiger partial charge in [0.1, 0.15) is 17.9 Å². The van der Waals surface area contributed by atoms with E-state index in [4.69, 9.17) is 14.3 Å². The lowest BCUT2D eigenvalue weighted by atomic mass is 10.1. The number of β-amino-alcohol motifs (C(OH)–C–C–N with tert-alkyl or cyclic N) is 1. The number of hydrogen-bond donors (Lipinski definition) is 1. The van der Waals surface area contributed by atoms with Gasteiger partial charge in [-0.15, -0.1) is 0 Å². The Kier molecular flexibility index (Phi) is 6.24. The van der Waals surface area contributed by atoms with Crippen molar-refractivity contribution in [3.05, 3.63) is 65.0 Å². The van der Waals surface area contributed by atoms with E-state index in [9.17, 15) is 4.79 Å². The number of benzene rings is 2. The number of ether oxygens (including phenoxy) is 1. The number of fused-ring (bicyclic) bond motifs is 1. The van der Waals surface area contributed by atoms with E-state index in [0.29, 0.717) is 23.5 Å². The maximum absolute atomic E-state index is 12.4. The van der Waals surface area contributed by atoms with Crippen LogP contribution >= 0.6 is 0 Å². The van der Waals surface area contributed by atoms with Crippen molar-refractivity contribution in [1.29, 1.82) is 0 Å². The number of nitrogens with zero attached hydrogens (tertiary/aromatic N) is 2. The van der Waals surface area contributed by atoms with Gasteiger partial charge in [-0.1, -0.05) is 30.3 Å². The van der Waals surface area contributed by atoms with Crippen LogP contribution in [0.1, 0.15) is 0 Å². The smallest absolute Gasteiger partial charge is 0.344 e. The van der Waals surface area contributed by atoms with Gasteiger partial charge in [0.25, 0.3) is 0 Å². The molecule has 3 aromatic rings. The molecule has 4 rings (SSSR count). The molecule has 1 aliphatic heterocycles. The molecule has 1 aliphatic rings. The first-order chi connectivity index (χ1) is 14.2. The molecule has 0 amide bonds. The van der Waals surface area contributed by atoms with E-state index in [1.54, 1.807) is 6.07 Å². The number of rotatable bonds is 7. The van der Waals surface area contributed by atoms with Gasteiger partial charge in [0, 0.05) is 50.7 Å². The lowest BCUT2D eigenvalue weighted by Crippen LogP contribution is -2.48. The van der Waals surface area contributed by atoms with Crippen LogP contribution in [0.15, 0.2) is 63.8 Å². The summed E-state index contributed by atoms with van der Waals surface area (Å²) >= 11 is 0. The third-order valence-electron chi connectivity index (χ3n) is 5.35. The van der Waals surface area contributed by atoms with Crippen LogP contribution in [0.2, 0.25) is 0 Å². The Morgan fingerprint density at radius 2 is 1.66 bits per heavy atom. The van der Waals surface area contributed by atoms with Gasteiger partial charge in [-0.05, 0) is 23.8 Å². The second-order valence-corrected chi connectivity index (χ2v) is 7.27. The Morgan fingerprint density at radius 1 is 0.931 bits per heavy atom. The zero-order chi connectivity index (χ0) is 20.1. The molecule has 0 bridgehead atoms. The van der Waals surface area contributed by atoms with Crippen LogP contribution in [0.4, 0.5) is 0 Å². The van der Waals surface area contributed by atoms with E-state index in [-0.39, 0.29) is 12.2 Å².